The molecular formula is C28H19BrClNO6S2. The molecule has 198 valence electrons. The van der Waals surface area contributed by atoms with Gasteiger partial charge in [-0.15, -0.1) is 0 Å². The lowest BCUT2D eigenvalue weighted by Crippen LogP contribution is -2.27. The Hall–Kier alpha value is -3.31. The molecule has 1 heterocycles. The number of ether oxygens (including phenoxy) is 1. The Balaban J connectivity index is 1.41. The Morgan fingerprint density at radius 3 is 2.46 bits per heavy atom. The van der Waals surface area contributed by atoms with Crippen molar-refractivity contribution in [1.82, 2.24) is 4.90 Å². The Morgan fingerprint density at radius 1 is 1.00 bits per heavy atom. The van der Waals surface area contributed by atoms with Crippen molar-refractivity contribution in [2.24, 2.45) is 0 Å². The maximum atomic E-state index is 13.2. The third-order valence-electron chi connectivity index (χ3n) is 5.93. The molecule has 0 N–H and O–H groups in total. The van der Waals surface area contributed by atoms with Crippen molar-refractivity contribution in [2.45, 2.75) is 11.4 Å². The molecule has 4 aromatic carbocycles. The number of thioether (sulfide) groups is 1. The van der Waals surface area contributed by atoms with Gasteiger partial charge >= 0.3 is 10.1 Å². The van der Waals surface area contributed by atoms with Crippen LogP contribution < -0.4 is 8.92 Å². The normalized spacial score (nSPS) is 14.8. The van der Waals surface area contributed by atoms with E-state index in [0.29, 0.717) is 10.6 Å². The van der Waals surface area contributed by atoms with Gasteiger partial charge in [0.15, 0.2) is 11.5 Å². The van der Waals surface area contributed by atoms with Gasteiger partial charge in [-0.25, -0.2) is 0 Å². The van der Waals surface area contributed by atoms with Crippen LogP contribution in [0.1, 0.15) is 11.1 Å². The minimum Gasteiger partial charge on any atom is -0.493 e. The van der Waals surface area contributed by atoms with Gasteiger partial charge in [0.2, 0.25) is 0 Å². The number of carbonyl (C=O) groups excluding carboxylic acids is 2. The second-order valence-corrected chi connectivity index (χ2v) is 12.3. The van der Waals surface area contributed by atoms with Gasteiger partial charge in [0.25, 0.3) is 11.1 Å². The van der Waals surface area contributed by atoms with Gasteiger partial charge in [0, 0.05) is 5.02 Å². The lowest BCUT2D eigenvalue weighted by Gasteiger charge is -2.14. The Morgan fingerprint density at radius 2 is 1.72 bits per heavy atom. The molecule has 5 rings (SSSR count). The van der Waals surface area contributed by atoms with E-state index in [-0.39, 0.29) is 37.6 Å². The monoisotopic (exact) mass is 643 g/mol. The number of nitrogens with zero attached hydrogens (tertiary/aromatic N) is 1. The molecule has 39 heavy (non-hydrogen) atoms. The summed E-state index contributed by atoms with van der Waals surface area (Å²) in [5, 5.41) is 2.01. The minimum atomic E-state index is -4.18. The summed E-state index contributed by atoms with van der Waals surface area (Å²) < 4.78 is 36.6. The van der Waals surface area contributed by atoms with E-state index < -0.39 is 16.0 Å². The molecule has 0 spiro atoms. The predicted octanol–water partition coefficient (Wildman–Crippen LogP) is 7.27. The molecule has 1 saturated heterocycles. The van der Waals surface area contributed by atoms with E-state index in [2.05, 4.69) is 15.9 Å². The zero-order valence-electron chi connectivity index (χ0n) is 20.3. The van der Waals surface area contributed by atoms with E-state index in [1.165, 1.54) is 42.3 Å². The molecule has 4 aromatic rings. The Labute approximate surface area is 242 Å². The maximum Gasteiger partial charge on any atom is 0.339 e. The summed E-state index contributed by atoms with van der Waals surface area (Å²) in [7, 11) is -2.82. The topological polar surface area (TPSA) is 90.0 Å². The lowest BCUT2D eigenvalue weighted by atomic mass is 10.0. The predicted molar refractivity (Wildman–Crippen MR) is 155 cm³/mol. The highest BCUT2D eigenvalue weighted by molar-refractivity contribution is 9.10. The van der Waals surface area contributed by atoms with Crippen LogP contribution in [0.25, 0.3) is 16.8 Å². The zero-order valence-corrected chi connectivity index (χ0v) is 24.2. The molecule has 0 unspecified atom stereocenters. The third kappa shape index (κ3) is 5.69. The van der Waals surface area contributed by atoms with E-state index in [1.807, 2.05) is 42.5 Å². The van der Waals surface area contributed by atoms with Crippen LogP contribution in [0, 0.1) is 0 Å². The van der Waals surface area contributed by atoms with Crippen molar-refractivity contribution in [2.75, 3.05) is 7.11 Å². The summed E-state index contributed by atoms with van der Waals surface area (Å²) >= 11 is 10.0. The first-order chi connectivity index (χ1) is 18.7. The van der Waals surface area contributed by atoms with E-state index in [0.717, 1.165) is 28.1 Å². The molecule has 0 aromatic heterocycles. The van der Waals surface area contributed by atoms with Crippen LogP contribution in [0.5, 0.6) is 11.5 Å². The van der Waals surface area contributed by atoms with Crippen LogP contribution in [-0.4, -0.2) is 31.6 Å². The first kappa shape index (κ1) is 27.3. The van der Waals surface area contributed by atoms with Crippen molar-refractivity contribution in [3.63, 3.8) is 0 Å². The molecule has 0 aliphatic carbocycles. The molecule has 11 heteroatoms. The Bertz CT molecular complexity index is 1750. The number of hydrogen-bond acceptors (Lipinski definition) is 7. The summed E-state index contributed by atoms with van der Waals surface area (Å²) in [5.41, 5.74) is 1.37. The largest absolute Gasteiger partial charge is 0.493 e. The number of carbonyl (C=O) groups is 2. The average molecular weight is 645 g/mol. The molecule has 0 radical (unpaired) electrons. The molecular weight excluding hydrogens is 626 g/mol. The summed E-state index contributed by atoms with van der Waals surface area (Å²) in [4.78, 5) is 27.3. The first-order valence-corrected chi connectivity index (χ1v) is 14.9. The van der Waals surface area contributed by atoms with E-state index in [4.69, 9.17) is 20.5 Å². The molecule has 1 aliphatic rings. The number of rotatable bonds is 7. The van der Waals surface area contributed by atoms with Crippen LogP contribution in [0.3, 0.4) is 0 Å². The molecule has 7 nitrogen and oxygen atoms in total. The molecule has 0 atom stereocenters. The molecule has 1 fully saturated rings. The molecule has 1 aliphatic heterocycles. The van der Waals surface area contributed by atoms with Gasteiger partial charge in [-0.1, -0.05) is 54.1 Å². The third-order valence-corrected chi connectivity index (χ3v) is 8.91. The number of imide groups is 1. The van der Waals surface area contributed by atoms with Gasteiger partial charge in [-0.2, -0.15) is 8.42 Å². The molecule has 0 bridgehead atoms. The SMILES string of the molecule is COc1cc(/C=C2\SC(=O)N(Cc3cccc4ccccc34)C2=O)cc(Br)c1OS(=O)(=O)c1ccc(Cl)cc1. The standard InChI is InChI=1S/C28H19BrClNO6S2/c1-36-24-14-17(13-23(29)26(24)37-39(34,35)21-11-9-20(30)10-12-21)15-25-27(32)31(28(33)38-25)16-19-7-4-6-18-5-2-3-8-22(18)19/h2-15H,16H2,1H3/b25-15-. The van der Waals surface area contributed by atoms with Crippen LogP contribution in [0.4, 0.5) is 4.79 Å². The zero-order chi connectivity index (χ0) is 27.7. The second-order valence-electron chi connectivity index (χ2n) is 8.43. The van der Waals surface area contributed by atoms with E-state index in [1.54, 1.807) is 12.1 Å². The number of hydrogen-bond donors (Lipinski definition) is 0. The number of fused-ring (bicyclic) bond motifs is 1. The van der Waals surface area contributed by atoms with Crippen LogP contribution in [-0.2, 0) is 21.5 Å². The summed E-state index contributed by atoms with van der Waals surface area (Å²) in [5.74, 6) is -0.365. The van der Waals surface area contributed by atoms with E-state index in [9.17, 15) is 18.0 Å². The van der Waals surface area contributed by atoms with Crippen molar-refractivity contribution in [1.29, 1.82) is 0 Å². The molecule has 0 saturated carbocycles. The number of methoxy groups -OCH3 is 1. The quantitative estimate of drug-likeness (QED) is 0.154. The smallest absolute Gasteiger partial charge is 0.339 e. The van der Waals surface area contributed by atoms with Gasteiger partial charge in [-0.05, 0) is 92.1 Å². The lowest BCUT2D eigenvalue weighted by molar-refractivity contribution is -0.123. The van der Waals surface area contributed by atoms with Crippen LogP contribution >= 0.6 is 39.3 Å². The summed E-state index contributed by atoms with van der Waals surface area (Å²) in [6, 6.07) is 22.2. The van der Waals surface area contributed by atoms with Gasteiger partial charge in [0.05, 0.1) is 23.0 Å². The van der Waals surface area contributed by atoms with Gasteiger partial charge in [0.1, 0.15) is 4.90 Å². The fourth-order valence-electron chi connectivity index (χ4n) is 4.05. The van der Waals surface area contributed by atoms with Crippen LogP contribution in [0.15, 0.2) is 93.1 Å². The highest BCUT2D eigenvalue weighted by Gasteiger charge is 2.35. The maximum absolute atomic E-state index is 13.2. The molecule has 2 amide bonds. The van der Waals surface area contributed by atoms with Crippen LogP contribution in [0.2, 0.25) is 5.02 Å². The van der Waals surface area contributed by atoms with Crippen molar-refractivity contribution < 1.29 is 26.9 Å². The fourth-order valence-corrected chi connectivity index (χ4v) is 6.62. The van der Waals surface area contributed by atoms with Crippen molar-refractivity contribution >= 4 is 77.4 Å². The average Bonchev–Trinajstić information content (AvgIpc) is 3.17. The minimum absolute atomic E-state index is 0.0614. The number of amides is 2. The van der Waals surface area contributed by atoms with E-state index >= 15 is 0 Å². The highest BCUT2D eigenvalue weighted by atomic mass is 79.9. The number of benzene rings is 4. The van der Waals surface area contributed by atoms with Gasteiger partial charge in [-0.3, -0.25) is 14.5 Å². The Kier molecular flexibility index (Phi) is 7.73. The number of halogens is 2. The van der Waals surface area contributed by atoms with Crippen molar-refractivity contribution in [3.8, 4) is 11.5 Å². The highest BCUT2D eigenvalue weighted by Crippen LogP contribution is 2.41. The fraction of sp³-hybridized carbons (Fsp3) is 0.0714. The first-order valence-electron chi connectivity index (χ1n) is 11.5. The summed E-state index contributed by atoms with van der Waals surface area (Å²) in [6.07, 6.45) is 1.55. The summed E-state index contributed by atoms with van der Waals surface area (Å²) in [6.45, 7) is 0.145. The second kappa shape index (κ2) is 11.1. The van der Waals surface area contributed by atoms with Crippen molar-refractivity contribution in [3.05, 3.63) is 104 Å². The van der Waals surface area contributed by atoms with Gasteiger partial charge < -0.3 is 8.92 Å².